The van der Waals surface area contributed by atoms with Gasteiger partial charge in [0.1, 0.15) is 0 Å². The van der Waals surface area contributed by atoms with Crippen LogP contribution >= 0.6 is 11.6 Å². The Bertz CT molecular complexity index is 1130. The first-order chi connectivity index (χ1) is 13.7. The van der Waals surface area contributed by atoms with Gasteiger partial charge < -0.3 is 0 Å². The number of halogens is 1. The molecule has 0 aromatic heterocycles. The fourth-order valence-corrected chi connectivity index (χ4v) is 7.47. The molecule has 2 aliphatic heterocycles. The number of sulfonamides is 2. The fraction of sp³-hybridized carbons (Fsp3) is 0.400. The lowest BCUT2D eigenvalue weighted by Crippen LogP contribution is -2.36. The second-order valence-corrected chi connectivity index (χ2v) is 11.8. The van der Waals surface area contributed by atoms with Crippen molar-refractivity contribution in [1.82, 2.24) is 4.31 Å². The van der Waals surface area contributed by atoms with E-state index >= 15 is 0 Å². The van der Waals surface area contributed by atoms with Gasteiger partial charge in [0.2, 0.25) is 10.0 Å². The molecule has 0 unspecified atom stereocenters. The normalized spacial score (nSPS) is 20.6. The highest BCUT2D eigenvalue weighted by Crippen LogP contribution is 2.38. The van der Waals surface area contributed by atoms with Crippen molar-refractivity contribution < 1.29 is 16.8 Å². The fourth-order valence-electron chi connectivity index (χ4n) is 4.08. The average Bonchev–Trinajstić information content (AvgIpc) is 3.04. The van der Waals surface area contributed by atoms with Gasteiger partial charge in [0.15, 0.2) is 0 Å². The molecule has 2 aromatic rings. The minimum Gasteiger partial charge on any atom is -0.263 e. The molecule has 156 valence electrons. The summed E-state index contributed by atoms with van der Waals surface area (Å²) in [5, 5.41) is 0.464. The molecule has 0 spiro atoms. The Hall–Kier alpha value is -1.61. The summed E-state index contributed by atoms with van der Waals surface area (Å²) < 4.78 is 55.3. The molecular formula is C20H23ClN2O4S2. The zero-order valence-electron chi connectivity index (χ0n) is 16.1. The zero-order chi connectivity index (χ0) is 20.8. The van der Waals surface area contributed by atoms with Crippen molar-refractivity contribution in [1.29, 1.82) is 0 Å². The van der Waals surface area contributed by atoms with Gasteiger partial charge in [-0.05, 0) is 74.2 Å². The number of hydrogen-bond acceptors (Lipinski definition) is 4. The SMILES string of the molecule is C[C@H]1Cc2cc(S(=O)(=O)N3CCCCC3)ccc2N1S(=O)(=O)c1ccc(Cl)cc1. The molecule has 6 nitrogen and oxygen atoms in total. The van der Waals surface area contributed by atoms with Crippen molar-refractivity contribution in [3.05, 3.63) is 53.1 Å². The molecule has 0 saturated carbocycles. The van der Waals surface area contributed by atoms with Crippen LogP contribution in [0.4, 0.5) is 5.69 Å². The molecule has 0 radical (unpaired) electrons. The number of anilines is 1. The van der Waals surface area contributed by atoms with Crippen molar-refractivity contribution in [3.8, 4) is 0 Å². The van der Waals surface area contributed by atoms with Crippen LogP contribution in [-0.4, -0.2) is 40.3 Å². The van der Waals surface area contributed by atoms with Crippen LogP contribution in [0.2, 0.25) is 5.02 Å². The highest BCUT2D eigenvalue weighted by molar-refractivity contribution is 7.93. The minimum absolute atomic E-state index is 0.159. The van der Waals surface area contributed by atoms with E-state index in [-0.39, 0.29) is 15.8 Å². The van der Waals surface area contributed by atoms with Crippen LogP contribution < -0.4 is 4.31 Å². The summed E-state index contributed by atoms with van der Waals surface area (Å²) in [7, 11) is -7.33. The van der Waals surface area contributed by atoms with Crippen molar-refractivity contribution in [2.24, 2.45) is 0 Å². The Morgan fingerprint density at radius 1 is 0.862 bits per heavy atom. The van der Waals surface area contributed by atoms with Gasteiger partial charge in [0.25, 0.3) is 10.0 Å². The number of benzene rings is 2. The van der Waals surface area contributed by atoms with E-state index in [2.05, 4.69) is 0 Å². The van der Waals surface area contributed by atoms with Gasteiger partial charge in [-0.2, -0.15) is 4.31 Å². The molecule has 2 heterocycles. The van der Waals surface area contributed by atoms with E-state index in [1.54, 1.807) is 24.3 Å². The van der Waals surface area contributed by atoms with Crippen LogP contribution in [0, 0.1) is 0 Å². The molecule has 0 amide bonds. The average molecular weight is 455 g/mol. The smallest absolute Gasteiger partial charge is 0.263 e. The third-order valence-electron chi connectivity index (χ3n) is 5.53. The Kier molecular flexibility index (Phi) is 5.40. The molecular weight excluding hydrogens is 432 g/mol. The van der Waals surface area contributed by atoms with Crippen molar-refractivity contribution in [2.45, 2.75) is 48.4 Å². The lowest BCUT2D eigenvalue weighted by molar-refractivity contribution is 0.346. The molecule has 2 aliphatic rings. The number of fused-ring (bicyclic) bond motifs is 1. The standard InChI is InChI=1S/C20H23ClN2O4S2/c1-15-13-16-14-19(28(24,25)22-11-3-2-4-12-22)9-10-20(16)23(15)29(26,27)18-7-5-17(21)6-8-18/h5-10,14-15H,2-4,11-13H2,1H3/t15-/m0/s1. The molecule has 4 rings (SSSR count). The van der Waals surface area contributed by atoms with E-state index in [0.717, 1.165) is 24.8 Å². The van der Waals surface area contributed by atoms with Crippen molar-refractivity contribution in [2.75, 3.05) is 17.4 Å². The van der Waals surface area contributed by atoms with Crippen LogP contribution in [0.25, 0.3) is 0 Å². The van der Waals surface area contributed by atoms with Crippen LogP contribution in [0.1, 0.15) is 31.7 Å². The summed E-state index contributed by atoms with van der Waals surface area (Å²) in [6.45, 7) is 2.89. The summed E-state index contributed by atoms with van der Waals surface area (Å²) in [5.41, 5.74) is 1.26. The number of nitrogens with zero attached hydrogens (tertiary/aromatic N) is 2. The van der Waals surface area contributed by atoms with Gasteiger partial charge >= 0.3 is 0 Å². The minimum atomic E-state index is -3.77. The molecule has 1 atom stereocenters. The first-order valence-electron chi connectivity index (χ1n) is 9.64. The third kappa shape index (κ3) is 3.67. The molecule has 0 N–H and O–H groups in total. The molecule has 9 heteroatoms. The predicted octanol–water partition coefficient (Wildman–Crippen LogP) is 3.65. The molecule has 1 saturated heterocycles. The monoisotopic (exact) mass is 454 g/mol. The Balaban J connectivity index is 1.70. The quantitative estimate of drug-likeness (QED) is 0.706. The zero-order valence-corrected chi connectivity index (χ0v) is 18.5. The molecule has 29 heavy (non-hydrogen) atoms. The Morgan fingerprint density at radius 3 is 2.14 bits per heavy atom. The van der Waals surface area contributed by atoms with Gasteiger partial charge in [-0.15, -0.1) is 0 Å². The Morgan fingerprint density at radius 2 is 1.48 bits per heavy atom. The summed E-state index contributed by atoms with van der Waals surface area (Å²) in [4.78, 5) is 0.391. The maximum absolute atomic E-state index is 13.2. The lowest BCUT2D eigenvalue weighted by atomic mass is 10.1. The van der Waals surface area contributed by atoms with E-state index in [1.807, 2.05) is 6.92 Å². The topological polar surface area (TPSA) is 74.8 Å². The largest absolute Gasteiger partial charge is 0.264 e. The van der Waals surface area contributed by atoms with Gasteiger partial charge in [0, 0.05) is 24.2 Å². The molecule has 1 fully saturated rings. The van der Waals surface area contributed by atoms with Gasteiger partial charge in [0.05, 0.1) is 15.5 Å². The number of hydrogen-bond donors (Lipinski definition) is 0. The van der Waals surface area contributed by atoms with Crippen molar-refractivity contribution >= 4 is 37.3 Å². The second-order valence-electron chi connectivity index (χ2n) is 7.56. The molecule has 2 aromatic carbocycles. The van der Waals surface area contributed by atoms with Gasteiger partial charge in [-0.1, -0.05) is 18.0 Å². The van der Waals surface area contributed by atoms with Gasteiger partial charge in [-0.3, -0.25) is 4.31 Å². The van der Waals surface area contributed by atoms with E-state index in [1.165, 1.54) is 26.8 Å². The summed E-state index contributed by atoms with van der Waals surface area (Å²) in [6, 6.07) is 10.5. The number of rotatable bonds is 4. The summed E-state index contributed by atoms with van der Waals surface area (Å²) in [6.07, 6.45) is 3.25. The predicted molar refractivity (Wildman–Crippen MR) is 113 cm³/mol. The number of piperidine rings is 1. The second kappa shape index (κ2) is 7.58. The van der Waals surface area contributed by atoms with Crippen LogP contribution in [0.15, 0.2) is 52.3 Å². The van der Waals surface area contributed by atoms with E-state index in [9.17, 15) is 16.8 Å². The lowest BCUT2D eigenvalue weighted by Gasteiger charge is -2.26. The highest BCUT2D eigenvalue weighted by atomic mass is 35.5. The van der Waals surface area contributed by atoms with Crippen molar-refractivity contribution in [3.63, 3.8) is 0 Å². The first kappa shape index (κ1) is 20.7. The van der Waals surface area contributed by atoms with E-state index < -0.39 is 20.0 Å². The molecule has 0 aliphatic carbocycles. The highest BCUT2D eigenvalue weighted by Gasteiger charge is 2.37. The van der Waals surface area contributed by atoms with Crippen LogP contribution in [0.5, 0.6) is 0 Å². The van der Waals surface area contributed by atoms with Crippen LogP contribution in [0.3, 0.4) is 0 Å². The van der Waals surface area contributed by atoms with Gasteiger partial charge in [-0.25, -0.2) is 16.8 Å². The van der Waals surface area contributed by atoms with E-state index in [0.29, 0.717) is 30.2 Å². The Labute approximate surface area is 177 Å². The maximum atomic E-state index is 13.2. The first-order valence-corrected chi connectivity index (χ1v) is 12.9. The maximum Gasteiger partial charge on any atom is 0.264 e. The summed E-state index contributed by atoms with van der Waals surface area (Å²) in [5.74, 6) is 0. The molecule has 0 bridgehead atoms. The summed E-state index contributed by atoms with van der Waals surface area (Å²) >= 11 is 5.89. The van der Waals surface area contributed by atoms with E-state index in [4.69, 9.17) is 11.6 Å². The third-order valence-corrected chi connectivity index (χ3v) is 9.62. The van der Waals surface area contributed by atoms with Crippen LogP contribution in [-0.2, 0) is 26.5 Å².